The van der Waals surface area contributed by atoms with Gasteiger partial charge in [0.25, 0.3) is 0 Å². The van der Waals surface area contributed by atoms with Gasteiger partial charge in [-0.3, -0.25) is 4.57 Å². The van der Waals surface area contributed by atoms with E-state index in [1.165, 1.54) is 16.2 Å². The van der Waals surface area contributed by atoms with Crippen molar-refractivity contribution in [2.45, 2.75) is 0 Å². The number of hydrogen-bond donors (Lipinski definition) is 0. The summed E-state index contributed by atoms with van der Waals surface area (Å²) in [5, 5.41) is 7.95. The zero-order valence-corrected chi connectivity index (χ0v) is 29.5. The normalized spacial score (nSPS) is 12.0. The van der Waals surface area contributed by atoms with Gasteiger partial charge in [0.2, 0.25) is 5.95 Å². The fourth-order valence-corrected chi connectivity index (χ4v) is 8.77. The van der Waals surface area contributed by atoms with Crippen LogP contribution < -0.4 is 0 Å². The third kappa shape index (κ3) is 4.35. The van der Waals surface area contributed by atoms with Crippen LogP contribution in [-0.4, -0.2) is 19.1 Å². The lowest BCUT2D eigenvalue weighted by Crippen LogP contribution is -2.03. The molecule has 0 fully saturated rings. The lowest BCUT2D eigenvalue weighted by atomic mass is 10.0. The molecule has 0 atom stereocenters. The molecule has 0 bridgehead atoms. The number of para-hydroxylation sites is 4. The zero-order chi connectivity index (χ0) is 36.0. The first-order valence-corrected chi connectivity index (χ1v) is 18.6. The van der Waals surface area contributed by atoms with E-state index in [9.17, 15) is 0 Å². The van der Waals surface area contributed by atoms with Gasteiger partial charge in [0.15, 0.2) is 0 Å². The van der Waals surface area contributed by atoms with Crippen molar-refractivity contribution >= 4 is 76.5 Å². The minimum Gasteiger partial charge on any atom is -0.455 e. The van der Waals surface area contributed by atoms with Crippen LogP contribution in [0.2, 0.25) is 0 Å². The summed E-state index contributed by atoms with van der Waals surface area (Å²) in [6.07, 6.45) is 0. The molecule has 5 heteroatoms. The number of aromatic nitrogens is 4. The maximum absolute atomic E-state index is 6.58. The summed E-state index contributed by atoms with van der Waals surface area (Å²) in [5.74, 6) is 0.650. The number of benzene rings is 8. The van der Waals surface area contributed by atoms with Crippen LogP contribution in [0.3, 0.4) is 0 Å². The number of hydrogen-bond acceptors (Lipinski definition) is 3. The van der Waals surface area contributed by atoms with E-state index < -0.39 is 0 Å². The van der Waals surface area contributed by atoms with Crippen molar-refractivity contribution in [2.75, 3.05) is 0 Å². The second kappa shape index (κ2) is 11.5. The molecule has 0 saturated carbocycles. The molecule has 0 N–H and O–H groups in total. The van der Waals surface area contributed by atoms with Crippen molar-refractivity contribution in [1.29, 1.82) is 0 Å². The highest BCUT2D eigenvalue weighted by atomic mass is 16.3. The molecule has 256 valence electrons. The molecule has 4 aromatic heterocycles. The minimum atomic E-state index is 0.650. The van der Waals surface area contributed by atoms with E-state index in [0.717, 1.165) is 88.4 Å². The Morgan fingerprint density at radius 3 is 1.69 bits per heavy atom. The van der Waals surface area contributed by atoms with E-state index in [2.05, 4.69) is 173 Å². The van der Waals surface area contributed by atoms with Crippen LogP contribution in [0.15, 0.2) is 186 Å². The maximum Gasteiger partial charge on any atom is 0.235 e. The molecule has 0 saturated heterocycles. The summed E-state index contributed by atoms with van der Waals surface area (Å²) in [6, 6.07) is 64.1. The molecule has 0 radical (unpaired) electrons. The maximum atomic E-state index is 6.58. The number of rotatable bonds is 4. The van der Waals surface area contributed by atoms with Crippen LogP contribution in [0.1, 0.15) is 0 Å². The molecule has 4 heterocycles. The Bertz CT molecular complexity index is 3480. The molecule has 0 aliphatic carbocycles. The summed E-state index contributed by atoms with van der Waals surface area (Å²) < 4.78 is 11.2. The molecule has 0 aliphatic rings. The molecular formula is C50H30N4O. The highest BCUT2D eigenvalue weighted by molar-refractivity contribution is 6.29. The van der Waals surface area contributed by atoms with Crippen molar-refractivity contribution in [2.24, 2.45) is 0 Å². The van der Waals surface area contributed by atoms with Crippen molar-refractivity contribution < 1.29 is 4.42 Å². The molecule has 12 rings (SSSR count). The lowest BCUT2D eigenvalue weighted by molar-refractivity contribution is 0.670. The Morgan fingerprint density at radius 2 is 0.964 bits per heavy atom. The van der Waals surface area contributed by atoms with E-state index >= 15 is 0 Å². The van der Waals surface area contributed by atoms with E-state index in [4.69, 9.17) is 14.4 Å². The van der Waals surface area contributed by atoms with Crippen molar-refractivity contribution in [3.8, 4) is 34.0 Å². The quantitative estimate of drug-likeness (QED) is 0.183. The lowest BCUT2D eigenvalue weighted by Gasteiger charge is -2.12. The molecule has 0 unspecified atom stereocenters. The number of nitrogens with zero attached hydrogens (tertiary/aromatic N) is 4. The average Bonchev–Trinajstić information content (AvgIpc) is 3.91. The average molecular weight is 703 g/mol. The van der Waals surface area contributed by atoms with Crippen LogP contribution in [0.5, 0.6) is 0 Å². The van der Waals surface area contributed by atoms with Gasteiger partial charge in [-0.2, -0.15) is 0 Å². The third-order valence-corrected chi connectivity index (χ3v) is 11.1. The minimum absolute atomic E-state index is 0.650. The first-order valence-electron chi connectivity index (χ1n) is 18.6. The summed E-state index contributed by atoms with van der Waals surface area (Å²) in [5.41, 5.74) is 12.3. The second-order valence-corrected chi connectivity index (χ2v) is 14.1. The third-order valence-electron chi connectivity index (χ3n) is 11.1. The van der Waals surface area contributed by atoms with Gasteiger partial charge in [0, 0.05) is 54.5 Å². The van der Waals surface area contributed by atoms with Gasteiger partial charge < -0.3 is 8.98 Å². The van der Waals surface area contributed by atoms with Gasteiger partial charge in [0.1, 0.15) is 11.2 Å². The second-order valence-electron chi connectivity index (χ2n) is 14.1. The monoisotopic (exact) mass is 702 g/mol. The van der Waals surface area contributed by atoms with Gasteiger partial charge in [-0.25, -0.2) is 9.97 Å². The molecule has 0 amide bonds. The van der Waals surface area contributed by atoms with E-state index in [1.54, 1.807) is 0 Å². The van der Waals surface area contributed by atoms with Crippen molar-refractivity contribution in [3.63, 3.8) is 0 Å². The molecule has 55 heavy (non-hydrogen) atoms. The van der Waals surface area contributed by atoms with Gasteiger partial charge in [-0.05, 0) is 54.1 Å². The Balaban J connectivity index is 1.19. The molecule has 5 nitrogen and oxygen atoms in total. The molecular weight excluding hydrogens is 673 g/mol. The van der Waals surface area contributed by atoms with Crippen LogP contribution in [0.4, 0.5) is 0 Å². The summed E-state index contributed by atoms with van der Waals surface area (Å²) >= 11 is 0. The first kappa shape index (κ1) is 30.0. The Morgan fingerprint density at radius 1 is 0.400 bits per heavy atom. The standard InChI is InChI=1S/C50H30N4O/c1-3-15-31(16-4-1)38-29-33(30-39-34-19-10-14-26-45(34)55-49(38)39)53-41-24-12-8-21-36(41)46-43(53)27-28-44-47(46)37-22-9-13-25-42(37)54(44)50-51-40-23-11-7-20-35(40)48(52-50)32-17-5-2-6-18-32/h1-30H. The van der Waals surface area contributed by atoms with Gasteiger partial charge in [0.05, 0.1) is 33.3 Å². The van der Waals surface area contributed by atoms with Crippen LogP contribution in [0.25, 0.3) is 110 Å². The Kier molecular flexibility index (Phi) is 6.27. The highest BCUT2D eigenvalue weighted by Gasteiger charge is 2.23. The summed E-state index contributed by atoms with van der Waals surface area (Å²) in [6.45, 7) is 0. The van der Waals surface area contributed by atoms with E-state index in [0.29, 0.717) is 5.95 Å². The van der Waals surface area contributed by atoms with Crippen molar-refractivity contribution in [3.05, 3.63) is 182 Å². The molecule has 12 aromatic rings. The highest BCUT2D eigenvalue weighted by Crippen LogP contribution is 2.44. The SMILES string of the molecule is c1ccc(-c2nc(-n3c4ccccc4c4c5c6ccccc6n(-c6cc(-c7ccccc7)c7oc8ccccc8c7c6)c5ccc43)nc3ccccc23)cc1. The molecule has 0 spiro atoms. The number of furan rings is 1. The fourth-order valence-electron chi connectivity index (χ4n) is 8.77. The van der Waals surface area contributed by atoms with E-state index in [-0.39, 0.29) is 0 Å². The predicted molar refractivity (Wildman–Crippen MR) is 226 cm³/mol. The zero-order valence-electron chi connectivity index (χ0n) is 29.5. The Labute approximate surface area is 315 Å². The van der Waals surface area contributed by atoms with Gasteiger partial charge in [-0.15, -0.1) is 0 Å². The van der Waals surface area contributed by atoms with Crippen molar-refractivity contribution in [1.82, 2.24) is 19.1 Å². The van der Waals surface area contributed by atoms with Crippen LogP contribution in [-0.2, 0) is 0 Å². The topological polar surface area (TPSA) is 48.8 Å². The van der Waals surface area contributed by atoms with Crippen LogP contribution in [0, 0.1) is 0 Å². The largest absolute Gasteiger partial charge is 0.455 e. The molecule has 0 aliphatic heterocycles. The Hall–Kier alpha value is -7.50. The van der Waals surface area contributed by atoms with Crippen LogP contribution >= 0.6 is 0 Å². The van der Waals surface area contributed by atoms with Gasteiger partial charge >= 0.3 is 0 Å². The number of fused-ring (bicyclic) bond motifs is 11. The summed E-state index contributed by atoms with van der Waals surface area (Å²) in [7, 11) is 0. The first-order chi connectivity index (χ1) is 27.3. The fraction of sp³-hybridized carbons (Fsp3) is 0. The predicted octanol–water partition coefficient (Wildman–Crippen LogP) is 13.1. The smallest absolute Gasteiger partial charge is 0.235 e. The van der Waals surface area contributed by atoms with Gasteiger partial charge in [-0.1, -0.05) is 133 Å². The summed E-state index contributed by atoms with van der Waals surface area (Å²) in [4.78, 5) is 10.6. The van der Waals surface area contributed by atoms with E-state index in [1.807, 2.05) is 18.2 Å². The molecule has 8 aromatic carbocycles.